The molecule has 1 aliphatic heterocycles. The molecule has 0 spiro atoms. The van der Waals surface area contributed by atoms with Crippen LogP contribution in [0.2, 0.25) is 0 Å². The molecule has 0 radical (unpaired) electrons. The van der Waals surface area contributed by atoms with Crippen LogP contribution in [0.25, 0.3) is 34.3 Å². The molecule has 0 atom stereocenters. The molecule has 1 aliphatic rings. The largest absolute Gasteiger partial charge is 0.491 e. The summed E-state index contributed by atoms with van der Waals surface area (Å²) in [5.41, 5.74) is 3.52. The van der Waals surface area contributed by atoms with E-state index in [-0.39, 0.29) is 31.1 Å². The van der Waals surface area contributed by atoms with Gasteiger partial charge in [-0.15, -0.1) is 40.8 Å². The van der Waals surface area contributed by atoms with Gasteiger partial charge in [-0.05, 0) is 18.2 Å². The molecule has 8 aromatic heterocycles. The van der Waals surface area contributed by atoms with Gasteiger partial charge < -0.3 is 42.2 Å². The number of hydrogen-bond acceptors (Lipinski definition) is 21. The van der Waals surface area contributed by atoms with E-state index < -0.39 is 0 Å². The minimum absolute atomic E-state index is 0.0590. The molecule has 0 aromatic carbocycles. The molecule has 9 heterocycles. The molecule has 1 fully saturated rings. The van der Waals surface area contributed by atoms with E-state index in [1.54, 1.807) is 49.6 Å². The molecule has 0 N–H and O–H groups in total. The van der Waals surface area contributed by atoms with Crippen LogP contribution in [0.1, 0.15) is 41.4 Å². The van der Waals surface area contributed by atoms with Crippen LogP contribution in [0, 0.1) is 0 Å². The molecule has 23 nitrogen and oxygen atoms in total. The van der Waals surface area contributed by atoms with Crippen molar-refractivity contribution in [2.75, 3.05) is 34.5 Å². The lowest BCUT2D eigenvalue weighted by molar-refractivity contribution is 0.0233. The van der Waals surface area contributed by atoms with Crippen molar-refractivity contribution < 1.29 is 42.2 Å². The van der Waals surface area contributed by atoms with Gasteiger partial charge >= 0.3 is 0 Å². The van der Waals surface area contributed by atoms with Gasteiger partial charge in [0.2, 0.25) is 17.5 Å². The van der Waals surface area contributed by atoms with Crippen LogP contribution in [-0.2, 0) is 42.1 Å². The maximum atomic E-state index is 6.01. The number of ether oxygens (including phenoxy) is 7. The topological polar surface area (TPSA) is 254 Å². The molecule has 0 aliphatic carbocycles. The first-order valence-electron chi connectivity index (χ1n) is 18.7. The van der Waals surface area contributed by atoms with E-state index in [0.29, 0.717) is 113 Å². The lowest BCUT2D eigenvalue weighted by atomic mass is 10.2. The van der Waals surface area contributed by atoms with Crippen molar-refractivity contribution in [2.24, 2.45) is 0 Å². The van der Waals surface area contributed by atoms with Crippen molar-refractivity contribution in [1.29, 1.82) is 0 Å². The number of aryl methyl sites for hydroxylation is 2. The summed E-state index contributed by atoms with van der Waals surface area (Å²) >= 11 is 0. The van der Waals surface area contributed by atoms with Crippen molar-refractivity contribution >= 4 is 11.3 Å². The Hall–Kier alpha value is -7.40. The summed E-state index contributed by atoms with van der Waals surface area (Å²) in [7, 11) is 4.62. The number of hydrogen-bond donors (Lipinski definition) is 0. The van der Waals surface area contributed by atoms with Gasteiger partial charge in [0.15, 0.2) is 34.2 Å². The zero-order valence-electron chi connectivity index (χ0n) is 32.5. The molecule has 1 saturated heterocycles. The highest BCUT2D eigenvalue weighted by Crippen LogP contribution is 2.30. The molecular formula is C37H36N14O9. The molecule has 8 aromatic rings. The Morgan fingerprint density at radius 3 is 1.60 bits per heavy atom. The number of methoxy groups -OCH3 is 3. The molecular weight excluding hydrogens is 784 g/mol. The Kier molecular flexibility index (Phi) is 10.9. The number of aromatic nitrogens is 14. The summed E-state index contributed by atoms with van der Waals surface area (Å²) in [5, 5.41) is 51.4. The Morgan fingerprint density at radius 1 is 0.600 bits per heavy atom. The average Bonchev–Trinajstić information content (AvgIpc) is 4.11. The van der Waals surface area contributed by atoms with Crippen molar-refractivity contribution in [2.45, 2.75) is 51.6 Å². The smallest absolute Gasteiger partial charge is 0.275 e. The quantitative estimate of drug-likeness (QED) is 0.128. The lowest BCUT2D eigenvalue weighted by Crippen LogP contribution is -2.26. The van der Waals surface area contributed by atoms with Gasteiger partial charge in [-0.3, -0.25) is 0 Å². The Balaban J connectivity index is 0.847. The van der Waals surface area contributed by atoms with E-state index in [2.05, 4.69) is 61.3 Å². The van der Waals surface area contributed by atoms with Gasteiger partial charge in [-0.1, -0.05) is 10.3 Å². The molecule has 308 valence electrons. The van der Waals surface area contributed by atoms with E-state index in [0.717, 1.165) is 12.8 Å². The first-order chi connectivity index (χ1) is 29.5. The molecule has 60 heavy (non-hydrogen) atoms. The van der Waals surface area contributed by atoms with Gasteiger partial charge in [0.1, 0.15) is 42.2 Å². The van der Waals surface area contributed by atoms with Gasteiger partial charge in [0.05, 0.1) is 39.7 Å². The molecule has 0 amide bonds. The van der Waals surface area contributed by atoms with E-state index in [1.165, 1.54) is 23.3 Å². The fourth-order valence-electron chi connectivity index (χ4n) is 6.16. The third-order valence-corrected chi connectivity index (χ3v) is 9.22. The highest BCUT2D eigenvalue weighted by molar-refractivity contribution is 5.58. The van der Waals surface area contributed by atoms with Crippen LogP contribution in [0.5, 0.6) is 29.1 Å². The predicted molar refractivity (Wildman–Crippen MR) is 201 cm³/mol. The van der Waals surface area contributed by atoms with Crippen molar-refractivity contribution in [3.05, 3.63) is 77.1 Å². The standard InChI is InChI=1S/C37H36N14O9/c1-52-18-21-4-5-22(39-38-21)19-56-36-29(53-2)16-31-41-44-34(50(31)46-36)27-14-25(59-48-27)7-8-26-15-28(49-60-26)35-45-42-32-17-30(54-3)37(47-51(32)35)57-20-23-6-9-33(43-40-23)58-24-10-12-55-13-11-24/h4-6,9,14-17,24H,7-8,10-13,18-20H2,1-3H3. The summed E-state index contributed by atoms with van der Waals surface area (Å²) < 4.78 is 53.7. The van der Waals surface area contributed by atoms with Gasteiger partial charge in [-0.25, -0.2) is 0 Å². The first-order valence-corrected chi connectivity index (χ1v) is 18.7. The molecule has 9 rings (SSSR count). The van der Waals surface area contributed by atoms with E-state index in [1.807, 2.05) is 6.07 Å². The lowest BCUT2D eigenvalue weighted by Gasteiger charge is -2.22. The molecule has 0 unspecified atom stereocenters. The summed E-state index contributed by atoms with van der Waals surface area (Å²) in [6.07, 6.45) is 2.54. The maximum absolute atomic E-state index is 6.01. The third kappa shape index (κ3) is 8.28. The Bertz CT molecular complexity index is 2690. The minimum Gasteiger partial charge on any atom is -0.491 e. The Labute approximate surface area is 338 Å². The van der Waals surface area contributed by atoms with Gasteiger partial charge in [0, 0.05) is 63.1 Å². The monoisotopic (exact) mass is 820 g/mol. The van der Waals surface area contributed by atoms with E-state index >= 15 is 0 Å². The third-order valence-electron chi connectivity index (χ3n) is 9.22. The molecule has 23 heteroatoms. The number of fused-ring (bicyclic) bond motifs is 2. The van der Waals surface area contributed by atoms with Crippen LogP contribution >= 0.6 is 0 Å². The number of rotatable bonds is 17. The zero-order valence-corrected chi connectivity index (χ0v) is 32.5. The van der Waals surface area contributed by atoms with Crippen LogP contribution in [0.4, 0.5) is 0 Å². The first kappa shape index (κ1) is 38.1. The predicted octanol–water partition coefficient (Wildman–Crippen LogP) is 3.12. The van der Waals surface area contributed by atoms with E-state index in [4.69, 9.17) is 42.2 Å². The van der Waals surface area contributed by atoms with Gasteiger partial charge in [-0.2, -0.15) is 19.2 Å². The second-order valence-electron chi connectivity index (χ2n) is 13.3. The fraction of sp³-hybridized carbons (Fsp3) is 0.351. The zero-order chi connectivity index (χ0) is 40.8. The second kappa shape index (κ2) is 17.2. The van der Waals surface area contributed by atoms with E-state index in [9.17, 15) is 0 Å². The van der Waals surface area contributed by atoms with Gasteiger partial charge in [0.25, 0.3) is 11.8 Å². The van der Waals surface area contributed by atoms with Crippen LogP contribution in [0.3, 0.4) is 0 Å². The normalized spacial score (nSPS) is 13.2. The number of nitrogens with zero attached hydrogens (tertiary/aromatic N) is 14. The summed E-state index contributed by atoms with van der Waals surface area (Å²) in [5.74, 6) is 3.37. The molecule has 0 bridgehead atoms. The summed E-state index contributed by atoms with van der Waals surface area (Å²) in [6, 6.07) is 14.0. The van der Waals surface area contributed by atoms with Crippen LogP contribution in [-0.4, -0.2) is 111 Å². The van der Waals surface area contributed by atoms with Crippen molar-refractivity contribution in [1.82, 2.24) is 70.3 Å². The van der Waals surface area contributed by atoms with Crippen molar-refractivity contribution in [3.63, 3.8) is 0 Å². The molecule has 0 saturated carbocycles. The summed E-state index contributed by atoms with van der Waals surface area (Å²) in [6.45, 7) is 1.87. The highest BCUT2D eigenvalue weighted by Gasteiger charge is 2.22. The second-order valence-corrected chi connectivity index (χ2v) is 13.3. The van der Waals surface area contributed by atoms with Crippen LogP contribution in [0.15, 0.2) is 57.6 Å². The Morgan fingerprint density at radius 2 is 1.12 bits per heavy atom. The van der Waals surface area contributed by atoms with Crippen LogP contribution < -0.4 is 23.7 Å². The van der Waals surface area contributed by atoms with Crippen molar-refractivity contribution in [3.8, 4) is 52.2 Å². The highest BCUT2D eigenvalue weighted by atomic mass is 16.5. The average molecular weight is 821 g/mol. The SMILES string of the molecule is COCc1ccc(COc2nn3c(-c4cc(CCc5cc(-c6nnc7cc(OC)c(OCc8ccc(OC9CCOCC9)nn8)nn67)no5)on4)nnc3cc2OC)nn1. The maximum Gasteiger partial charge on any atom is 0.275 e. The summed E-state index contributed by atoms with van der Waals surface area (Å²) in [4.78, 5) is 0. The minimum atomic E-state index is 0.0590. The fourth-order valence-corrected chi connectivity index (χ4v) is 6.16.